The average molecular weight is 546 g/mol. The number of aromatic nitrogens is 3. The molecular formula is C21H33ClIN7. The van der Waals surface area contributed by atoms with Crippen LogP contribution >= 0.6 is 35.6 Å². The molecule has 7 nitrogen and oxygen atoms in total. The second-order valence-corrected chi connectivity index (χ2v) is 7.93. The minimum absolute atomic E-state index is 0. The molecule has 0 radical (unpaired) electrons. The van der Waals surface area contributed by atoms with Crippen molar-refractivity contribution in [1.82, 2.24) is 30.3 Å². The van der Waals surface area contributed by atoms with E-state index in [1.165, 1.54) is 18.4 Å². The zero-order valence-electron chi connectivity index (χ0n) is 18.0. The Balaban J connectivity index is 0.00000320. The molecule has 1 aliphatic rings. The van der Waals surface area contributed by atoms with Gasteiger partial charge in [-0.2, -0.15) is 0 Å². The van der Waals surface area contributed by atoms with E-state index >= 15 is 0 Å². The molecule has 0 spiro atoms. The van der Waals surface area contributed by atoms with E-state index < -0.39 is 0 Å². The SMILES string of the molecule is CCNC(=NCc1nncn1CC)NCC1CCCN(C)C1c1cccc(Cl)c1.I. The minimum Gasteiger partial charge on any atom is -0.357 e. The van der Waals surface area contributed by atoms with Crippen molar-refractivity contribution in [2.24, 2.45) is 10.9 Å². The minimum atomic E-state index is 0. The number of piperidine rings is 1. The van der Waals surface area contributed by atoms with Crippen molar-refractivity contribution in [3.05, 3.63) is 47.0 Å². The summed E-state index contributed by atoms with van der Waals surface area (Å²) in [4.78, 5) is 7.16. The Hall–Kier alpha value is -1.39. The summed E-state index contributed by atoms with van der Waals surface area (Å²) < 4.78 is 2.01. The Morgan fingerprint density at radius 2 is 2.13 bits per heavy atom. The average Bonchev–Trinajstić information content (AvgIpc) is 3.17. The van der Waals surface area contributed by atoms with Gasteiger partial charge >= 0.3 is 0 Å². The van der Waals surface area contributed by atoms with Crippen molar-refractivity contribution in [2.45, 2.75) is 45.8 Å². The number of hydrogen-bond acceptors (Lipinski definition) is 4. The van der Waals surface area contributed by atoms with Crippen molar-refractivity contribution in [1.29, 1.82) is 0 Å². The predicted octanol–water partition coefficient (Wildman–Crippen LogP) is 3.71. The molecular weight excluding hydrogens is 513 g/mol. The van der Waals surface area contributed by atoms with E-state index in [2.05, 4.69) is 58.8 Å². The number of hydrogen-bond donors (Lipinski definition) is 2. The number of nitrogens with one attached hydrogen (secondary N) is 2. The molecule has 1 saturated heterocycles. The maximum absolute atomic E-state index is 6.27. The van der Waals surface area contributed by atoms with Gasteiger partial charge in [0.1, 0.15) is 12.9 Å². The standard InChI is InChI=1S/C21H32ClN7.HI/c1-4-23-21(25-14-19-27-26-15-29(19)5-2)24-13-17-9-7-11-28(3)20(17)16-8-6-10-18(22)12-16;/h6,8,10,12,15,17,20H,4-5,7,9,11,13-14H2,1-3H3,(H2,23,24,25);1H. The first-order valence-electron chi connectivity index (χ1n) is 10.5. The third kappa shape index (κ3) is 6.55. The number of halogens is 2. The summed E-state index contributed by atoms with van der Waals surface area (Å²) >= 11 is 6.27. The van der Waals surface area contributed by atoms with E-state index in [0.29, 0.717) is 18.5 Å². The quantitative estimate of drug-likeness (QED) is 0.315. The molecule has 1 aromatic carbocycles. The summed E-state index contributed by atoms with van der Waals surface area (Å²) in [5.74, 6) is 2.17. The topological polar surface area (TPSA) is 70.4 Å². The van der Waals surface area contributed by atoms with Gasteiger partial charge in [0.05, 0.1) is 0 Å². The molecule has 1 fully saturated rings. The molecule has 1 aromatic heterocycles. The van der Waals surface area contributed by atoms with Crippen LogP contribution in [0.4, 0.5) is 0 Å². The van der Waals surface area contributed by atoms with Gasteiger partial charge in [-0.05, 0) is 63.9 Å². The molecule has 30 heavy (non-hydrogen) atoms. The second kappa shape index (κ2) is 12.5. The summed E-state index contributed by atoms with van der Waals surface area (Å²) in [6, 6.07) is 8.60. The molecule has 9 heteroatoms. The Morgan fingerprint density at radius 1 is 1.30 bits per heavy atom. The fourth-order valence-corrected chi connectivity index (χ4v) is 4.27. The predicted molar refractivity (Wildman–Crippen MR) is 133 cm³/mol. The van der Waals surface area contributed by atoms with E-state index in [1.54, 1.807) is 6.33 Å². The van der Waals surface area contributed by atoms with E-state index in [9.17, 15) is 0 Å². The second-order valence-electron chi connectivity index (χ2n) is 7.49. The highest BCUT2D eigenvalue weighted by molar-refractivity contribution is 14.0. The van der Waals surface area contributed by atoms with Crippen LogP contribution in [0.2, 0.25) is 5.02 Å². The van der Waals surface area contributed by atoms with Crippen LogP contribution in [0, 0.1) is 5.92 Å². The van der Waals surface area contributed by atoms with Crippen LogP contribution in [0.3, 0.4) is 0 Å². The Kier molecular flexibility index (Phi) is 10.3. The molecule has 2 atom stereocenters. The van der Waals surface area contributed by atoms with E-state index in [4.69, 9.17) is 16.6 Å². The first-order valence-corrected chi connectivity index (χ1v) is 10.8. The molecule has 3 rings (SSSR count). The Morgan fingerprint density at radius 3 is 2.87 bits per heavy atom. The molecule has 2 N–H and O–H groups in total. The number of aliphatic imine (C=N–C) groups is 1. The van der Waals surface area contributed by atoms with Crippen molar-refractivity contribution in [3.8, 4) is 0 Å². The zero-order valence-corrected chi connectivity index (χ0v) is 21.1. The van der Waals surface area contributed by atoms with E-state index in [-0.39, 0.29) is 24.0 Å². The van der Waals surface area contributed by atoms with Crippen molar-refractivity contribution in [2.75, 3.05) is 26.7 Å². The van der Waals surface area contributed by atoms with Crippen LogP contribution in [0.25, 0.3) is 0 Å². The van der Waals surface area contributed by atoms with Gasteiger partial charge in [-0.1, -0.05) is 23.7 Å². The summed E-state index contributed by atoms with van der Waals surface area (Å²) in [5, 5.41) is 15.8. The number of likely N-dealkylation sites (tertiary alicyclic amines) is 1. The summed E-state index contributed by atoms with van der Waals surface area (Å²) in [5.41, 5.74) is 1.28. The fraction of sp³-hybridized carbons (Fsp3) is 0.571. The Bertz CT molecular complexity index is 810. The molecule has 2 unspecified atom stereocenters. The number of rotatable bonds is 7. The van der Waals surface area contributed by atoms with Crippen LogP contribution in [0.15, 0.2) is 35.6 Å². The molecule has 2 heterocycles. The molecule has 0 bridgehead atoms. The first kappa shape index (κ1) is 24.9. The first-order chi connectivity index (χ1) is 14.1. The maximum atomic E-state index is 6.27. The van der Waals surface area contributed by atoms with Gasteiger partial charge in [0, 0.05) is 30.7 Å². The normalized spacial score (nSPS) is 19.9. The highest BCUT2D eigenvalue weighted by atomic mass is 127. The molecule has 1 aliphatic heterocycles. The number of nitrogens with zero attached hydrogens (tertiary/aromatic N) is 5. The van der Waals surface area contributed by atoms with Gasteiger partial charge in [-0.25, -0.2) is 4.99 Å². The number of benzene rings is 1. The van der Waals surface area contributed by atoms with Gasteiger partial charge in [-0.15, -0.1) is 34.2 Å². The van der Waals surface area contributed by atoms with E-state index in [0.717, 1.165) is 43.0 Å². The molecule has 0 aliphatic carbocycles. The zero-order chi connectivity index (χ0) is 20.6. The largest absolute Gasteiger partial charge is 0.357 e. The van der Waals surface area contributed by atoms with Gasteiger partial charge < -0.3 is 15.2 Å². The summed E-state index contributed by atoms with van der Waals surface area (Å²) in [7, 11) is 2.20. The third-order valence-corrected chi connectivity index (χ3v) is 5.72. The summed E-state index contributed by atoms with van der Waals surface area (Å²) in [6.07, 6.45) is 4.13. The van der Waals surface area contributed by atoms with Gasteiger partial charge in [-0.3, -0.25) is 4.90 Å². The number of guanidine groups is 1. The smallest absolute Gasteiger partial charge is 0.191 e. The van der Waals surface area contributed by atoms with E-state index in [1.807, 2.05) is 16.7 Å². The van der Waals surface area contributed by atoms with Crippen molar-refractivity contribution in [3.63, 3.8) is 0 Å². The lowest BCUT2D eigenvalue weighted by molar-refractivity contribution is 0.122. The highest BCUT2D eigenvalue weighted by Crippen LogP contribution is 2.35. The molecule has 166 valence electrons. The lowest BCUT2D eigenvalue weighted by atomic mass is 9.85. The van der Waals surface area contributed by atoms with Gasteiger partial charge in [0.2, 0.25) is 0 Å². The van der Waals surface area contributed by atoms with Crippen LogP contribution in [0.1, 0.15) is 44.1 Å². The van der Waals surface area contributed by atoms with Crippen molar-refractivity contribution < 1.29 is 0 Å². The Labute approximate surface area is 201 Å². The monoisotopic (exact) mass is 545 g/mol. The maximum Gasteiger partial charge on any atom is 0.191 e. The van der Waals surface area contributed by atoms with Crippen molar-refractivity contribution >= 4 is 41.5 Å². The molecule has 0 amide bonds. The van der Waals surface area contributed by atoms with Gasteiger partial charge in [0.25, 0.3) is 0 Å². The van der Waals surface area contributed by atoms with Gasteiger partial charge in [0.15, 0.2) is 11.8 Å². The highest BCUT2D eigenvalue weighted by Gasteiger charge is 2.30. The lowest BCUT2D eigenvalue weighted by Gasteiger charge is -2.40. The van der Waals surface area contributed by atoms with Crippen LogP contribution in [0.5, 0.6) is 0 Å². The molecule has 2 aromatic rings. The summed E-state index contributed by atoms with van der Waals surface area (Å²) in [6.45, 7) is 8.28. The number of aryl methyl sites for hydroxylation is 1. The fourth-order valence-electron chi connectivity index (χ4n) is 4.08. The van der Waals surface area contributed by atoms with Crippen LogP contribution < -0.4 is 10.6 Å². The lowest BCUT2D eigenvalue weighted by Crippen LogP contribution is -2.45. The molecule has 0 saturated carbocycles. The van der Waals surface area contributed by atoms with Crippen LogP contribution in [-0.4, -0.2) is 52.3 Å². The van der Waals surface area contributed by atoms with Crippen LogP contribution in [-0.2, 0) is 13.1 Å². The third-order valence-electron chi connectivity index (χ3n) is 5.49.